The molecule has 2 aliphatic rings. The number of nitrogens with zero attached hydrogens (tertiary/aromatic N) is 2. The molecule has 0 spiro atoms. The van der Waals surface area contributed by atoms with E-state index in [0.29, 0.717) is 0 Å². The van der Waals surface area contributed by atoms with E-state index >= 15 is 0 Å². The van der Waals surface area contributed by atoms with E-state index in [0.717, 1.165) is 26.8 Å². The Labute approximate surface area is 309 Å². The minimum Gasteiger partial charge on any atom is -0.458 e. The van der Waals surface area contributed by atoms with Gasteiger partial charge < -0.3 is 13.9 Å². The molecule has 4 heterocycles. The van der Waals surface area contributed by atoms with Crippen LogP contribution in [-0.4, -0.2) is 15.1 Å². The van der Waals surface area contributed by atoms with Crippen LogP contribution < -0.4 is 15.7 Å². The number of fused-ring (bicyclic) bond motifs is 10. The van der Waals surface area contributed by atoms with E-state index in [1.807, 2.05) is 0 Å². The molecule has 3 nitrogen and oxygen atoms in total. The molecule has 5 heteroatoms. The van der Waals surface area contributed by atoms with Crippen LogP contribution >= 0.6 is 11.6 Å². The molecule has 0 unspecified atom stereocenters. The highest BCUT2D eigenvalue weighted by Gasteiger charge is 2.39. The summed E-state index contributed by atoms with van der Waals surface area (Å²) in [6.07, 6.45) is 0. The summed E-state index contributed by atoms with van der Waals surface area (Å²) in [5.41, 5.74) is -4.19. The normalized spacial score (nSPS) is 20.3. The summed E-state index contributed by atoms with van der Waals surface area (Å²) in [6.45, 7) is 0. The minimum absolute atomic E-state index is 0.130. The van der Waals surface area contributed by atoms with Gasteiger partial charge in [-0.2, -0.15) is 11.6 Å². The Hall–Kier alpha value is -5.65. The molecular formula is C42H25BN2OS. The Morgan fingerprint density at radius 1 is 0.511 bits per heavy atom. The lowest BCUT2D eigenvalue weighted by atomic mass is 9.57. The first-order valence-corrected chi connectivity index (χ1v) is 15.0. The topological polar surface area (TPSA) is 19.1 Å². The molecule has 0 fully saturated rings. The summed E-state index contributed by atoms with van der Waals surface area (Å²) in [4.78, 5) is -0.251. The van der Waals surface area contributed by atoms with Crippen molar-refractivity contribution in [1.29, 1.82) is 0 Å². The first kappa shape index (κ1) is 11.9. The van der Waals surface area contributed by atoms with Crippen LogP contribution in [0.15, 0.2) is 156 Å². The largest absolute Gasteiger partial charge is 0.458 e. The molecule has 11 rings (SSSR count). The monoisotopic (exact) mass is 640 g/mol. The smallest absolute Gasteiger partial charge is 0.289 e. The fourth-order valence-corrected chi connectivity index (χ4v) is 7.56. The third kappa shape index (κ3) is 3.49. The maximum atomic E-state index is 10.2. The van der Waals surface area contributed by atoms with E-state index in [2.05, 4.69) is 0 Å². The van der Waals surface area contributed by atoms with Gasteiger partial charge in [0, 0.05) is 38.2 Å². The highest BCUT2D eigenvalue weighted by molar-refractivity contribution is 8.28. The van der Waals surface area contributed by atoms with Gasteiger partial charge in [0.1, 0.15) is 11.5 Å². The fraction of sp³-hybridized carbons (Fsp3) is 0. The van der Waals surface area contributed by atoms with Gasteiger partial charge in [-0.25, -0.2) is 0 Å². The number of benzene rings is 7. The van der Waals surface area contributed by atoms with Gasteiger partial charge in [-0.1, -0.05) is 90.7 Å². The molecule has 218 valence electrons. The van der Waals surface area contributed by atoms with E-state index < -0.39 is 207 Å². The standard InChI is InChI=1S/C42H25BN2OS/c1-6-16-35-28(11-1)29-12-2-7-17-36(29)44(35)26-21-22-41-32(23-26)33-24-27(25-40-42(33)43(47-41)34-15-5-10-20-39(34)46-40)45-37-18-8-3-13-30(37)31-14-4-9-19-38(31)45/h1-25H/i1D,2D,3D,4D,5D,6D,7D,8D,9D,10D,11D,13D,14D,15D,16D,17D,18D,19D,20D,21D,22D,23D,24D,25D. The Morgan fingerprint density at radius 2 is 1.09 bits per heavy atom. The lowest BCUT2D eigenvalue weighted by Gasteiger charge is -2.33. The van der Waals surface area contributed by atoms with Crippen molar-refractivity contribution >= 4 is 72.1 Å². The zero-order chi connectivity index (χ0) is 51.5. The van der Waals surface area contributed by atoms with Gasteiger partial charge in [0.15, 0.2) is 0 Å². The molecule has 47 heavy (non-hydrogen) atoms. The summed E-state index contributed by atoms with van der Waals surface area (Å²) in [7, 11) is 0. The van der Waals surface area contributed by atoms with Crippen molar-refractivity contribution in [3.63, 3.8) is 0 Å². The first-order valence-electron chi connectivity index (χ1n) is 26.1. The third-order valence-corrected chi connectivity index (χ3v) is 9.49. The van der Waals surface area contributed by atoms with Crippen molar-refractivity contribution in [3.05, 3.63) is 151 Å². The molecule has 7 aromatic carbocycles. The van der Waals surface area contributed by atoms with Gasteiger partial charge in [-0.15, -0.1) is 0 Å². The highest BCUT2D eigenvalue weighted by Crippen LogP contribution is 2.46. The van der Waals surface area contributed by atoms with Crippen LogP contribution in [0.25, 0.3) is 66.1 Å². The third-order valence-electron chi connectivity index (χ3n) is 8.24. The minimum atomic E-state index is -1.39. The summed E-state index contributed by atoms with van der Waals surface area (Å²) in [5, 5.41) is -1.21. The fourth-order valence-electron chi connectivity index (χ4n) is 6.32. The highest BCUT2D eigenvalue weighted by atomic mass is 32.2. The van der Waals surface area contributed by atoms with Gasteiger partial charge in [0.05, 0.1) is 60.7 Å². The van der Waals surface area contributed by atoms with E-state index in [1.165, 1.54) is 0 Å². The molecular weight excluding hydrogens is 591 g/mol. The zero-order valence-corrected chi connectivity index (χ0v) is 24.2. The van der Waals surface area contributed by atoms with Crippen LogP contribution in [-0.2, 0) is 0 Å². The Kier molecular flexibility index (Phi) is 2.38. The summed E-state index contributed by atoms with van der Waals surface area (Å²) >= 11 is 0.720. The second kappa shape index (κ2) is 9.44. The number of hydrogen-bond donors (Lipinski definition) is 0. The average Bonchev–Trinajstić information content (AvgIpc) is 3.87. The molecule has 0 amide bonds. The van der Waals surface area contributed by atoms with Crippen LogP contribution in [0.2, 0.25) is 0 Å². The number of rotatable bonds is 2. The van der Waals surface area contributed by atoms with Gasteiger partial charge in [0.2, 0.25) is 0 Å². The van der Waals surface area contributed by atoms with Gasteiger partial charge >= 0.3 is 0 Å². The Balaban J connectivity index is 1.39. The number of hydrogen-bond acceptors (Lipinski definition) is 2. The Morgan fingerprint density at radius 3 is 1.83 bits per heavy atom. The Bertz CT molecular complexity index is 4060. The molecule has 0 saturated heterocycles. The van der Waals surface area contributed by atoms with E-state index in [1.54, 1.807) is 0 Å². The van der Waals surface area contributed by atoms with E-state index in [9.17, 15) is 6.85 Å². The molecule has 0 radical (unpaired) electrons. The van der Waals surface area contributed by atoms with Crippen molar-refractivity contribution in [1.82, 2.24) is 9.13 Å². The predicted octanol–water partition coefficient (Wildman–Crippen LogP) is 9.86. The predicted molar refractivity (Wildman–Crippen MR) is 198 cm³/mol. The average molecular weight is 641 g/mol. The van der Waals surface area contributed by atoms with E-state index in [-0.39, 0.29) is 37.7 Å². The maximum absolute atomic E-state index is 10.2. The summed E-state index contributed by atoms with van der Waals surface area (Å²) in [6, 6.07) is -16.4. The molecule has 2 aliphatic heterocycles. The first-order chi connectivity index (χ1) is 33.3. The van der Waals surface area contributed by atoms with Gasteiger partial charge in [-0.3, -0.25) is 0 Å². The van der Waals surface area contributed by atoms with Crippen molar-refractivity contribution in [2.45, 2.75) is 4.90 Å². The maximum Gasteiger partial charge on any atom is 0.289 e. The van der Waals surface area contributed by atoms with Crippen LogP contribution in [0.5, 0.6) is 11.5 Å². The van der Waals surface area contributed by atoms with Gasteiger partial charge in [-0.05, 0) is 76.4 Å². The van der Waals surface area contributed by atoms with Crippen molar-refractivity contribution in [3.8, 4) is 34.0 Å². The quantitative estimate of drug-likeness (QED) is 0.175. The zero-order valence-electron chi connectivity index (χ0n) is 47.4. The van der Waals surface area contributed by atoms with Crippen molar-refractivity contribution in [2.24, 2.45) is 0 Å². The van der Waals surface area contributed by atoms with Crippen LogP contribution in [0, 0.1) is 0 Å². The second-order valence-corrected chi connectivity index (χ2v) is 11.7. The van der Waals surface area contributed by atoms with Crippen LogP contribution in [0.1, 0.15) is 32.9 Å². The molecule has 0 atom stereocenters. The van der Waals surface area contributed by atoms with Crippen LogP contribution in [0.3, 0.4) is 0 Å². The van der Waals surface area contributed by atoms with Crippen molar-refractivity contribution < 1.29 is 37.6 Å². The lowest BCUT2D eigenvalue weighted by molar-refractivity contribution is 0.487. The number of aromatic nitrogens is 2. The lowest BCUT2D eigenvalue weighted by Crippen LogP contribution is -2.46. The molecule has 9 aromatic rings. The van der Waals surface area contributed by atoms with Crippen molar-refractivity contribution in [2.75, 3.05) is 0 Å². The van der Waals surface area contributed by atoms with Crippen LogP contribution in [0.4, 0.5) is 0 Å². The number of para-hydroxylation sites is 5. The molecule has 0 bridgehead atoms. The molecule has 0 N–H and O–H groups in total. The second-order valence-electron chi connectivity index (χ2n) is 10.6. The summed E-state index contributed by atoms with van der Waals surface area (Å²) < 4.78 is 225. The summed E-state index contributed by atoms with van der Waals surface area (Å²) in [5.74, 6) is -2.39. The van der Waals surface area contributed by atoms with Gasteiger partial charge in [0.25, 0.3) is 5.99 Å². The molecule has 0 saturated carbocycles. The molecule has 0 aliphatic carbocycles. The SMILES string of the molecule is [2H]c1cc2c3c([2H])c([2H])c([2H])c([2H])c3n(-c3c([2H])c([2H])c4c(c3[2H])-c3c([2H])c(-n5c6c([2H])c([2H])c([2H])c([2H])c6c6c([2H])c([2H])c([2H])c([2H])c65)c([2H])c5c3B(S4)c3c([2H])c([2H])c([2H])c([2H])c3O5)c2c([2H])c1[2H]. The number of ether oxygens (including phenoxy) is 1. The van der Waals surface area contributed by atoms with E-state index in [4.69, 9.17) is 30.8 Å². The molecule has 2 aromatic heterocycles.